The van der Waals surface area contributed by atoms with Crippen molar-refractivity contribution in [3.05, 3.63) is 53.3 Å². The lowest BCUT2D eigenvalue weighted by Gasteiger charge is -2.12. The molecule has 0 bridgehead atoms. The van der Waals surface area contributed by atoms with E-state index in [9.17, 15) is 9.90 Å². The molecule has 0 N–H and O–H groups in total. The Morgan fingerprint density at radius 3 is 2.70 bits per heavy atom. The molecule has 0 radical (unpaired) electrons. The standard InChI is InChI=1S/C16H13NO3/c1-9-6-10(2)15-11(7-9)12(16(18)19)8-13(17-15)14-4-3-5-20-14/h3-8H,1-2H3,(H,18,19)/p-1. The fourth-order valence-electron chi connectivity index (χ4n) is 2.40. The minimum atomic E-state index is -1.21. The zero-order valence-corrected chi connectivity index (χ0v) is 11.1. The number of aromatic carboxylic acids is 1. The molecule has 20 heavy (non-hydrogen) atoms. The van der Waals surface area contributed by atoms with Crippen molar-refractivity contribution in [1.29, 1.82) is 0 Å². The van der Waals surface area contributed by atoms with Crippen LogP contribution in [0.3, 0.4) is 0 Å². The molecule has 0 atom stereocenters. The summed E-state index contributed by atoms with van der Waals surface area (Å²) in [6, 6.07) is 8.76. The van der Waals surface area contributed by atoms with Gasteiger partial charge in [0.2, 0.25) is 0 Å². The zero-order chi connectivity index (χ0) is 14.3. The van der Waals surface area contributed by atoms with Crippen molar-refractivity contribution in [2.24, 2.45) is 0 Å². The Balaban J connectivity index is 2.40. The maximum atomic E-state index is 11.4. The number of fused-ring (bicyclic) bond motifs is 1. The Morgan fingerprint density at radius 2 is 2.05 bits per heavy atom. The van der Waals surface area contributed by atoms with E-state index in [1.54, 1.807) is 12.1 Å². The van der Waals surface area contributed by atoms with Gasteiger partial charge in [-0.05, 0) is 43.7 Å². The first kappa shape index (κ1) is 12.4. The molecule has 1 aromatic carbocycles. The van der Waals surface area contributed by atoms with E-state index in [0.717, 1.165) is 11.1 Å². The summed E-state index contributed by atoms with van der Waals surface area (Å²) in [6.07, 6.45) is 1.53. The maximum Gasteiger partial charge on any atom is 0.152 e. The van der Waals surface area contributed by atoms with E-state index in [1.807, 2.05) is 26.0 Å². The molecule has 2 aromatic heterocycles. The summed E-state index contributed by atoms with van der Waals surface area (Å²) in [6.45, 7) is 3.83. The van der Waals surface area contributed by atoms with E-state index >= 15 is 0 Å². The molecular formula is C16H12NO3-. The predicted molar refractivity (Wildman–Crippen MR) is 73.2 cm³/mol. The summed E-state index contributed by atoms with van der Waals surface area (Å²) in [4.78, 5) is 15.9. The van der Waals surface area contributed by atoms with Gasteiger partial charge in [-0.25, -0.2) is 4.98 Å². The number of hydrogen-bond donors (Lipinski definition) is 0. The predicted octanol–water partition coefficient (Wildman–Crippen LogP) is 2.48. The van der Waals surface area contributed by atoms with Crippen LogP contribution in [0.15, 0.2) is 41.0 Å². The van der Waals surface area contributed by atoms with E-state index in [2.05, 4.69) is 4.98 Å². The van der Waals surface area contributed by atoms with Gasteiger partial charge in [-0.3, -0.25) is 0 Å². The van der Waals surface area contributed by atoms with Gasteiger partial charge in [-0.1, -0.05) is 11.6 Å². The van der Waals surface area contributed by atoms with Crippen LogP contribution < -0.4 is 5.11 Å². The van der Waals surface area contributed by atoms with Gasteiger partial charge in [-0.2, -0.15) is 0 Å². The largest absolute Gasteiger partial charge is 0.545 e. The first-order valence-corrected chi connectivity index (χ1v) is 6.23. The van der Waals surface area contributed by atoms with Crippen molar-refractivity contribution in [3.8, 4) is 11.5 Å². The Kier molecular flexibility index (Phi) is 2.79. The number of aryl methyl sites for hydroxylation is 2. The van der Waals surface area contributed by atoms with Crippen LogP contribution in [0.4, 0.5) is 0 Å². The van der Waals surface area contributed by atoms with Gasteiger partial charge in [0.15, 0.2) is 5.76 Å². The van der Waals surface area contributed by atoms with Crippen LogP contribution in [-0.4, -0.2) is 11.0 Å². The van der Waals surface area contributed by atoms with Crippen molar-refractivity contribution in [3.63, 3.8) is 0 Å². The molecule has 4 heteroatoms. The quantitative estimate of drug-likeness (QED) is 0.714. The van der Waals surface area contributed by atoms with Crippen LogP contribution >= 0.6 is 0 Å². The molecule has 0 saturated heterocycles. The number of furan rings is 1. The van der Waals surface area contributed by atoms with Crippen molar-refractivity contribution in [1.82, 2.24) is 4.98 Å². The Labute approximate surface area is 115 Å². The number of carboxylic acid groups (broad SMARTS) is 1. The molecule has 4 nitrogen and oxygen atoms in total. The Bertz CT molecular complexity index is 804. The minimum absolute atomic E-state index is 0.133. The normalized spacial score (nSPS) is 10.9. The summed E-state index contributed by atoms with van der Waals surface area (Å²) in [5.74, 6) is -0.676. The number of carbonyl (C=O) groups is 1. The topological polar surface area (TPSA) is 66.2 Å². The lowest BCUT2D eigenvalue weighted by Crippen LogP contribution is -2.23. The van der Waals surface area contributed by atoms with Crippen LogP contribution in [0.2, 0.25) is 0 Å². The van der Waals surface area contributed by atoms with E-state index < -0.39 is 5.97 Å². The van der Waals surface area contributed by atoms with Crippen LogP contribution in [0, 0.1) is 13.8 Å². The van der Waals surface area contributed by atoms with Crippen LogP contribution in [-0.2, 0) is 0 Å². The molecule has 0 fully saturated rings. The average Bonchev–Trinajstić information content (AvgIpc) is 2.91. The lowest BCUT2D eigenvalue weighted by atomic mass is 10.0. The summed E-state index contributed by atoms with van der Waals surface area (Å²) >= 11 is 0. The van der Waals surface area contributed by atoms with E-state index in [4.69, 9.17) is 4.42 Å². The van der Waals surface area contributed by atoms with Gasteiger partial charge in [0.1, 0.15) is 5.69 Å². The Hall–Kier alpha value is -2.62. The molecule has 100 valence electrons. The highest BCUT2D eigenvalue weighted by Crippen LogP contribution is 2.27. The number of carboxylic acids is 1. The number of nitrogens with zero attached hydrogens (tertiary/aromatic N) is 1. The zero-order valence-electron chi connectivity index (χ0n) is 11.1. The highest BCUT2D eigenvalue weighted by Gasteiger charge is 2.12. The van der Waals surface area contributed by atoms with Gasteiger partial charge < -0.3 is 14.3 Å². The molecule has 0 saturated carbocycles. The minimum Gasteiger partial charge on any atom is -0.545 e. The number of benzene rings is 1. The number of rotatable bonds is 2. The number of pyridine rings is 1. The van der Waals surface area contributed by atoms with E-state index in [1.165, 1.54) is 12.3 Å². The highest BCUT2D eigenvalue weighted by molar-refractivity contribution is 6.03. The van der Waals surface area contributed by atoms with E-state index in [-0.39, 0.29) is 5.56 Å². The Morgan fingerprint density at radius 1 is 1.25 bits per heavy atom. The second-order valence-corrected chi connectivity index (χ2v) is 4.80. The molecule has 2 heterocycles. The smallest absolute Gasteiger partial charge is 0.152 e. The molecule has 0 aliphatic carbocycles. The number of aromatic nitrogens is 1. The fourth-order valence-corrected chi connectivity index (χ4v) is 2.40. The third-order valence-corrected chi connectivity index (χ3v) is 3.24. The monoisotopic (exact) mass is 266 g/mol. The summed E-state index contributed by atoms with van der Waals surface area (Å²) in [7, 11) is 0. The average molecular weight is 266 g/mol. The van der Waals surface area contributed by atoms with E-state index in [0.29, 0.717) is 22.4 Å². The highest BCUT2D eigenvalue weighted by atomic mass is 16.4. The van der Waals surface area contributed by atoms with Crippen molar-refractivity contribution in [2.75, 3.05) is 0 Å². The van der Waals surface area contributed by atoms with Crippen molar-refractivity contribution in [2.45, 2.75) is 13.8 Å². The third kappa shape index (κ3) is 1.95. The molecule has 0 aliphatic heterocycles. The fraction of sp³-hybridized carbons (Fsp3) is 0.125. The van der Waals surface area contributed by atoms with Gasteiger partial charge >= 0.3 is 0 Å². The third-order valence-electron chi connectivity index (χ3n) is 3.24. The van der Waals surface area contributed by atoms with Gasteiger partial charge in [0.05, 0.1) is 17.7 Å². The maximum absolute atomic E-state index is 11.4. The van der Waals surface area contributed by atoms with Crippen molar-refractivity contribution >= 4 is 16.9 Å². The van der Waals surface area contributed by atoms with Crippen LogP contribution in [0.25, 0.3) is 22.4 Å². The summed E-state index contributed by atoms with van der Waals surface area (Å²) in [5.41, 5.74) is 3.20. The molecule has 0 aliphatic rings. The van der Waals surface area contributed by atoms with Crippen LogP contribution in [0.1, 0.15) is 21.5 Å². The number of carbonyl (C=O) groups excluding carboxylic acids is 1. The molecule has 0 unspecified atom stereocenters. The van der Waals surface area contributed by atoms with Crippen LogP contribution in [0.5, 0.6) is 0 Å². The molecular weight excluding hydrogens is 254 g/mol. The van der Waals surface area contributed by atoms with Gasteiger partial charge in [-0.15, -0.1) is 0 Å². The van der Waals surface area contributed by atoms with Crippen molar-refractivity contribution < 1.29 is 14.3 Å². The van der Waals surface area contributed by atoms with Gasteiger partial charge in [0, 0.05) is 10.9 Å². The van der Waals surface area contributed by atoms with Gasteiger partial charge in [0.25, 0.3) is 0 Å². The first-order chi connectivity index (χ1) is 9.56. The second-order valence-electron chi connectivity index (χ2n) is 4.80. The second kappa shape index (κ2) is 4.49. The summed E-state index contributed by atoms with van der Waals surface area (Å²) in [5, 5.41) is 12.0. The molecule has 3 aromatic rings. The SMILES string of the molecule is Cc1cc(C)c2nc(-c3ccco3)cc(C(=O)[O-])c2c1. The molecule has 0 spiro atoms. The molecule has 3 rings (SSSR count). The number of hydrogen-bond acceptors (Lipinski definition) is 4. The lowest BCUT2D eigenvalue weighted by molar-refractivity contribution is -0.254. The molecule has 0 amide bonds. The first-order valence-electron chi connectivity index (χ1n) is 6.23. The summed E-state index contributed by atoms with van der Waals surface area (Å²) < 4.78 is 5.29.